The number of methoxy groups -OCH3 is 1. The number of esters is 1. The second kappa shape index (κ2) is 5.52. The summed E-state index contributed by atoms with van der Waals surface area (Å²) in [4.78, 5) is 23.3. The molecule has 0 bridgehead atoms. The summed E-state index contributed by atoms with van der Waals surface area (Å²) in [5.74, 6) is 0.00999. The van der Waals surface area contributed by atoms with Crippen molar-refractivity contribution in [2.24, 2.45) is 0 Å². The number of carbonyl (C=O) groups excluding carboxylic acids is 1. The quantitative estimate of drug-likeness (QED) is 0.422. The highest BCUT2D eigenvalue weighted by Gasteiger charge is 2.13. The monoisotopic (exact) mass is 298 g/mol. The van der Waals surface area contributed by atoms with E-state index in [1.165, 1.54) is 7.11 Å². The van der Waals surface area contributed by atoms with Crippen molar-refractivity contribution in [1.82, 2.24) is 0 Å². The molecule has 0 saturated heterocycles. The number of fused-ring (bicyclic) bond motifs is 3. The van der Waals surface area contributed by atoms with Gasteiger partial charge in [-0.2, -0.15) is 0 Å². The van der Waals surface area contributed by atoms with E-state index in [9.17, 15) is 9.59 Å². The molecule has 1 heterocycles. The van der Waals surface area contributed by atoms with Crippen LogP contribution in [0.3, 0.4) is 0 Å². The Hall–Kier alpha value is -2.82. The van der Waals surface area contributed by atoms with Gasteiger partial charge in [-0.05, 0) is 30.5 Å². The minimum Gasteiger partial charge on any atom is -0.481 e. The molecule has 22 heavy (non-hydrogen) atoms. The fourth-order valence-electron chi connectivity index (χ4n) is 2.41. The van der Waals surface area contributed by atoms with Crippen LogP contribution in [0.25, 0.3) is 21.7 Å². The smallest absolute Gasteiger partial charge is 0.344 e. The number of ether oxygens (including phenoxy) is 2. The van der Waals surface area contributed by atoms with E-state index in [1.54, 1.807) is 25.1 Å². The maximum atomic E-state index is 12.1. The minimum atomic E-state index is -0.473. The maximum absolute atomic E-state index is 12.1. The van der Waals surface area contributed by atoms with E-state index in [1.807, 2.05) is 18.2 Å². The van der Waals surface area contributed by atoms with Crippen LogP contribution in [0.15, 0.2) is 45.6 Å². The van der Waals surface area contributed by atoms with Gasteiger partial charge < -0.3 is 13.9 Å². The summed E-state index contributed by atoms with van der Waals surface area (Å²) in [6.07, 6.45) is 0. The lowest BCUT2D eigenvalue weighted by Gasteiger charge is -2.10. The minimum absolute atomic E-state index is 0.194. The second-order valence-electron chi connectivity index (χ2n) is 4.87. The first-order valence-electron chi connectivity index (χ1n) is 6.76. The van der Waals surface area contributed by atoms with Crippen LogP contribution in [0.1, 0.15) is 5.56 Å². The number of carbonyl (C=O) groups is 1. The molecule has 0 spiro atoms. The molecule has 0 aliphatic rings. The first-order valence-corrected chi connectivity index (χ1v) is 6.76. The molecular weight excluding hydrogens is 284 g/mol. The molecule has 3 rings (SSSR count). The summed E-state index contributed by atoms with van der Waals surface area (Å²) in [5.41, 5.74) is 0.742. The lowest BCUT2D eigenvalue weighted by atomic mass is 10.0. The molecule has 0 radical (unpaired) electrons. The van der Waals surface area contributed by atoms with Crippen molar-refractivity contribution in [3.8, 4) is 5.75 Å². The molecule has 0 saturated carbocycles. The second-order valence-corrected chi connectivity index (χ2v) is 4.87. The van der Waals surface area contributed by atoms with Gasteiger partial charge in [0.05, 0.1) is 12.5 Å². The first kappa shape index (κ1) is 14.1. The van der Waals surface area contributed by atoms with Crippen molar-refractivity contribution in [1.29, 1.82) is 0 Å². The molecule has 112 valence electrons. The van der Waals surface area contributed by atoms with Crippen LogP contribution in [0.4, 0.5) is 0 Å². The van der Waals surface area contributed by atoms with E-state index in [0.717, 1.165) is 10.8 Å². The molecule has 0 N–H and O–H groups in total. The molecule has 5 heteroatoms. The van der Waals surface area contributed by atoms with Crippen molar-refractivity contribution in [3.05, 3.63) is 52.4 Å². The van der Waals surface area contributed by atoms with E-state index < -0.39 is 11.6 Å². The maximum Gasteiger partial charge on any atom is 0.344 e. The number of hydrogen-bond acceptors (Lipinski definition) is 5. The van der Waals surface area contributed by atoms with Gasteiger partial charge in [0.15, 0.2) is 6.61 Å². The Balaban J connectivity index is 2.17. The Morgan fingerprint density at radius 2 is 1.82 bits per heavy atom. The molecule has 0 amide bonds. The molecular formula is C17H14O5. The average molecular weight is 298 g/mol. The van der Waals surface area contributed by atoms with Gasteiger partial charge in [0.25, 0.3) is 0 Å². The van der Waals surface area contributed by atoms with Crippen molar-refractivity contribution >= 4 is 27.7 Å². The van der Waals surface area contributed by atoms with Gasteiger partial charge in [0.2, 0.25) is 0 Å². The number of rotatable bonds is 3. The highest BCUT2D eigenvalue weighted by molar-refractivity contribution is 6.05. The molecule has 0 fully saturated rings. The van der Waals surface area contributed by atoms with Crippen molar-refractivity contribution in [3.63, 3.8) is 0 Å². The zero-order valence-electron chi connectivity index (χ0n) is 12.2. The molecule has 0 atom stereocenters. The van der Waals surface area contributed by atoms with E-state index in [-0.39, 0.29) is 6.61 Å². The van der Waals surface area contributed by atoms with Crippen molar-refractivity contribution in [2.45, 2.75) is 6.92 Å². The van der Waals surface area contributed by atoms with Gasteiger partial charge in [0.1, 0.15) is 11.3 Å². The Bertz CT molecular complexity index is 923. The van der Waals surface area contributed by atoms with Crippen LogP contribution in [-0.4, -0.2) is 19.7 Å². The number of aryl methyl sites for hydroxylation is 1. The van der Waals surface area contributed by atoms with Crippen LogP contribution in [-0.2, 0) is 9.53 Å². The predicted molar refractivity (Wildman–Crippen MR) is 82.2 cm³/mol. The van der Waals surface area contributed by atoms with Crippen molar-refractivity contribution in [2.75, 3.05) is 13.7 Å². The Kier molecular flexibility index (Phi) is 3.55. The van der Waals surface area contributed by atoms with Gasteiger partial charge >= 0.3 is 11.6 Å². The molecule has 3 aromatic rings. The highest BCUT2D eigenvalue weighted by Crippen LogP contribution is 2.30. The summed E-state index contributed by atoms with van der Waals surface area (Å²) >= 11 is 0. The fraction of sp³-hybridized carbons (Fsp3) is 0.176. The van der Waals surface area contributed by atoms with Gasteiger partial charge in [-0.3, -0.25) is 0 Å². The van der Waals surface area contributed by atoms with Gasteiger partial charge in [0, 0.05) is 10.9 Å². The van der Waals surface area contributed by atoms with Gasteiger partial charge in [-0.15, -0.1) is 0 Å². The van der Waals surface area contributed by atoms with Gasteiger partial charge in [-0.25, -0.2) is 9.59 Å². The first-order chi connectivity index (χ1) is 10.6. The third kappa shape index (κ3) is 2.30. The number of benzene rings is 2. The SMILES string of the molecule is COC(=O)COc1ccc2c(oc(=O)c3ccccc32)c1C. The van der Waals surface area contributed by atoms with Crippen LogP contribution < -0.4 is 10.4 Å². The van der Waals surface area contributed by atoms with Gasteiger partial charge in [-0.1, -0.05) is 18.2 Å². The molecule has 0 aliphatic carbocycles. The van der Waals surface area contributed by atoms with Crippen LogP contribution in [0.2, 0.25) is 0 Å². The Labute approximate surface area is 126 Å². The van der Waals surface area contributed by atoms with Crippen LogP contribution in [0.5, 0.6) is 5.75 Å². The highest BCUT2D eigenvalue weighted by atomic mass is 16.6. The normalized spacial score (nSPS) is 10.8. The molecule has 0 aliphatic heterocycles. The van der Waals surface area contributed by atoms with E-state index in [2.05, 4.69) is 4.74 Å². The molecule has 5 nitrogen and oxygen atoms in total. The summed E-state index contributed by atoms with van der Waals surface area (Å²) in [5, 5.41) is 2.20. The standard InChI is InChI=1S/C17H14O5/c1-10-14(21-9-15(18)20-2)8-7-12-11-5-3-4-6-13(11)17(19)22-16(10)12/h3-8H,9H2,1-2H3. The number of hydrogen-bond donors (Lipinski definition) is 0. The summed E-state index contributed by atoms with van der Waals surface area (Å²) in [6, 6.07) is 10.9. The zero-order valence-corrected chi connectivity index (χ0v) is 12.2. The van der Waals surface area contributed by atoms with E-state index in [4.69, 9.17) is 9.15 Å². The largest absolute Gasteiger partial charge is 0.481 e. The van der Waals surface area contributed by atoms with E-state index in [0.29, 0.717) is 22.3 Å². The third-order valence-corrected chi connectivity index (χ3v) is 3.56. The summed E-state index contributed by atoms with van der Waals surface area (Å²) < 4.78 is 15.4. The van der Waals surface area contributed by atoms with Crippen LogP contribution >= 0.6 is 0 Å². The molecule has 0 unspecified atom stereocenters. The lowest BCUT2D eigenvalue weighted by Crippen LogP contribution is -2.13. The zero-order chi connectivity index (χ0) is 15.7. The predicted octanol–water partition coefficient (Wildman–Crippen LogP) is 2.81. The summed E-state index contributed by atoms with van der Waals surface area (Å²) in [6.45, 7) is 1.59. The summed E-state index contributed by atoms with van der Waals surface area (Å²) in [7, 11) is 1.30. The Morgan fingerprint density at radius 3 is 2.55 bits per heavy atom. The molecule has 2 aromatic carbocycles. The van der Waals surface area contributed by atoms with Crippen LogP contribution in [0, 0.1) is 6.92 Å². The average Bonchev–Trinajstić information content (AvgIpc) is 2.55. The van der Waals surface area contributed by atoms with Crippen molar-refractivity contribution < 1.29 is 18.7 Å². The topological polar surface area (TPSA) is 65.7 Å². The third-order valence-electron chi connectivity index (χ3n) is 3.56. The fourth-order valence-corrected chi connectivity index (χ4v) is 2.41. The molecule has 1 aromatic heterocycles. The lowest BCUT2D eigenvalue weighted by molar-refractivity contribution is -0.142. The van der Waals surface area contributed by atoms with E-state index >= 15 is 0 Å². The Morgan fingerprint density at radius 1 is 1.09 bits per heavy atom.